The van der Waals surface area contributed by atoms with Crippen molar-refractivity contribution in [2.75, 3.05) is 20.1 Å². The van der Waals surface area contributed by atoms with Gasteiger partial charge in [0.05, 0.1) is 17.1 Å². The maximum Gasteiger partial charge on any atom is 0.191 e. The molecule has 0 bridgehead atoms. The molecule has 0 radical (unpaired) electrons. The number of likely N-dealkylation sites (tertiary alicyclic amines) is 1. The van der Waals surface area contributed by atoms with Crippen LogP contribution >= 0.6 is 0 Å². The SMILES string of the molecule is CN=C(NCc1ccccc1-n1nc(C)cc1C)NC1CCN(Cc2ccccn2)CC1. The Bertz CT molecular complexity index is 1030. The summed E-state index contributed by atoms with van der Waals surface area (Å²) in [6.45, 7) is 7.84. The van der Waals surface area contributed by atoms with Gasteiger partial charge in [-0.1, -0.05) is 24.3 Å². The van der Waals surface area contributed by atoms with Gasteiger partial charge in [-0.3, -0.25) is 14.9 Å². The molecule has 7 nitrogen and oxygen atoms in total. The molecule has 1 saturated heterocycles. The van der Waals surface area contributed by atoms with E-state index in [2.05, 4.69) is 80.0 Å². The predicted octanol–water partition coefficient (Wildman–Crippen LogP) is 3.21. The van der Waals surface area contributed by atoms with Crippen LogP contribution in [0.5, 0.6) is 0 Å². The smallest absolute Gasteiger partial charge is 0.191 e. The maximum atomic E-state index is 4.65. The van der Waals surface area contributed by atoms with Crippen LogP contribution in [0.3, 0.4) is 0 Å². The number of hydrogen-bond donors (Lipinski definition) is 2. The zero-order valence-electron chi connectivity index (χ0n) is 19.3. The van der Waals surface area contributed by atoms with Gasteiger partial charge in [0.25, 0.3) is 0 Å². The normalized spacial score (nSPS) is 15.7. The van der Waals surface area contributed by atoms with Crippen LogP contribution in [0.25, 0.3) is 5.69 Å². The molecule has 7 heteroatoms. The van der Waals surface area contributed by atoms with Gasteiger partial charge in [0.2, 0.25) is 0 Å². The monoisotopic (exact) mass is 431 g/mol. The summed E-state index contributed by atoms with van der Waals surface area (Å²) in [7, 11) is 1.83. The number of rotatable bonds is 6. The highest BCUT2D eigenvalue weighted by Crippen LogP contribution is 2.17. The van der Waals surface area contributed by atoms with Crippen LogP contribution in [0.4, 0.5) is 0 Å². The molecule has 1 aliphatic heterocycles. The molecule has 0 spiro atoms. The lowest BCUT2D eigenvalue weighted by molar-refractivity contribution is 0.196. The lowest BCUT2D eigenvalue weighted by Gasteiger charge is -2.32. The number of aryl methyl sites for hydroxylation is 2. The Morgan fingerprint density at radius 2 is 1.88 bits per heavy atom. The molecule has 4 rings (SSSR count). The van der Waals surface area contributed by atoms with Crippen molar-refractivity contribution in [1.29, 1.82) is 0 Å². The van der Waals surface area contributed by atoms with Crippen LogP contribution in [-0.4, -0.2) is 51.8 Å². The second kappa shape index (κ2) is 10.4. The summed E-state index contributed by atoms with van der Waals surface area (Å²) in [6.07, 6.45) is 4.05. The van der Waals surface area contributed by atoms with Gasteiger partial charge in [-0.05, 0) is 56.5 Å². The van der Waals surface area contributed by atoms with E-state index in [0.29, 0.717) is 12.6 Å². The first-order valence-electron chi connectivity index (χ1n) is 11.3. The molecule has 0 amide bonds. The van der Waals surface area contributed by atoms with Gasteiger partial charge < -0.3 is 10.6 Å². The third-order valence-corrected chi connectivity index (χ3v) is 5.94. The molecular weight excluding hydrogens is 398 g/mol. The third-order valence-electron chi connectivity index (χ3n) is 5.94. The van der Waals surface area contributed by atoms with Gasteiger partial charge in [0.15, 0.2) is 5.96 Å². The standard InChI is InChI=1S/C25H33N7/c1-19-16-20(2)32(30-19)24-10-5-4-8-21(24)17-28-25(26-3)29-22-11-14-31(15-12-22)18-23-9-6-7-13-27-23/h4-10,13,16,22H,11-12,14-15,17-18H2,1-3H3,(H2,26,28,29). The van der Waals surface area contributed by atoms with Crippen molar-refractivity contribution < 1.29 is 0 Å². The zero-order valence-corrected chi connectivity index (χ0v) is 19.3. The molecule has 2 N–H and O–H groups in total. The Balaban J connectivity index is 1.31. The van der Waals surface area contributed by atoms with Crippen molar-refractivity contribution in [3.8, 4) is 5.69 Å². The van der Waals surface area contributed by atoms with Gasteiger partial charge in [0.1, 0.15) is 0 Å². The highest BCUT2D eigenvalue weighted by Gasteiger charge is 2.20. The van der Waals surface area contributed by atoms with Crippen LogP contribution in [-0.2, 0) is 13.1 Å². The van der Waals surface area contributed by atoms with Crippen LogP contribution in [0.15, 0.2) is 59.7 Å². The average molecular weight is 432 g/mol. The molecule has 0 aliphatic carbocycles. The molecule has 0 unspecified atom stereocenters. The van der Waals surface area contributed by atoms with Crippen LogP contribution in [0.2, 0.25) is 0 Å². The van der Waals surface area contributed by atoms with Gasteiger partial charge in [0, 0.05) is 51.2 Å². The quantitative estimate of drug-likeness (QED) is 0.463. The largest absolute Gasteiger partial charge is 0.354 e. The molecule has 3 heterocycles. The molecule has 0 atom stereocenters. The average Bonchev–Trinajstić information content (AvgIpc) is 3.16. The highest BCUT2D eigenvalue weighted by molar-refractivity contribution is 5.80. The van der Waals surface area contributed by atoms with Crippen molar-refractivity contribution in [1.82, 2.24) is 30.3 Å². The molecule has 1 aromatic carbocycles. The summed E-state index contributed by atoms with van der Waals surface area (Å²) < 4.78 is 2.01. The van der Waals surface area contributed by atoms with E-state index in [1.165, 1.54) is 5.56 Å². The summed E-state index contributed by atoms with van der Waals surface area (Å²) in [5, 5.41) is 11.8. The van der Waals surface area contributed by atoms with Crippen molar-refractivity contribution >= 4 is 5.96 Å². The van der Waals surface area contributed by atoms with Crippen LogP contribution in [0.1, 0.15) is 35.5 Å². The van der Waals surface area contributed by atoms with Crippen molar-refractivity contribution in [2.45, 2.75) is 45.8 Å². The van der Waals surface area contributed by atoms with E-state index in [0.717, 1.165) is 61.2 Å². The highest BCUT2D eigenvalue weighted by atomic mass is 15.3. The molecule has 1 aliphatic rings. The van der Waals surface area contributed by atoms with E-state index in [9.17, 15) is 0 Å². The topological polar surface area (TPSA) is 70.4 Å². The van der Waals surface area contributed by atoms with Gasteiger partial charge in [-0.25, -0.2) is 4.68 Å². The summed E-state index contributed by atoms with van der Waals surface area (Å²) >= 11 is 0. The molecular formula is C25H33N7. The second-order valence-corrected chi connectivity index (χ2v) is 8.41. The first-order valence-corrected chi connectivity index (χ1v) is 11.3. The Morgan fingerprint density at radius 3 is 2.56 bits per heavy atom. The van der Waals surface area contributed by atoms with Crippen LogP contribution < -0.4 is 10.6 Å². The number of nitrogens with zero attached hydrogens (tertiary/aromatic N) is 5. The number of aliphatic imine (C=N–C) groups is 1. The number of benzene rings is 1. The number of pyridine rings is 1. The minimum absolute atomic E-state index is 0.424. The second-order valence-electron chi connectivity index (χ2n) is 8.41. The first kappa shape index (κ1) is 22.0. The first-order chi connectivity index (χ1) is 15.6. The summed E-state index contributed by atoms with van der Waals surface area (Å²) in [5.74, 6) is 0.844. The van der Waals surface area contributed by atoms with E-state index >= 15 is 0 Å². The Labute approximate surface area is 190 Å². The Morgan fingerprint density at radius 1 is 1.09 bits per heavy atom. The number of para-hydroxylation sites is 1. The summed E-state index contributed by atoms with van der Waals surface area (Å²) in [5.41, 5.74) is 5.58. The van der Waals surface area contributed by atoms with E-state index in [4.69, 9.17) is 0 Å². The number of nitrogens with one attached hydrogen (secondary N) is 2. The Kier molecular flexibility index (Phi) is 7.17. The number of hydrogen-bond acceptors (Lipinski definition) is 4. The molecule has 3 aromatic rings. The lowest BCUT2D eigenvalue weighted by Crippen LogP contribution is -2.48. The number of guanidine groups is 1. The van der Waals surface area contributed by atoms with Crippen molar-refractivity contribution in [2.24, 2.45) is 4.99 Å². The fraction of sp³-hybridized carbons (Fsp3) is 0.400. The van der Waals surface area contributed by atoms with E-state index in [-0.39, 0.29) is 0 Å². The van der Waals surface area contributed by atoms with E-state index in [1.54, 1.807) is 0 Å². The molecule has 32 heavy (non-hydrogen) atoms. The van der Waals surface area contributed by atoms with Gasteiger partial charge >= 0.3 is 0 Å². The number of piperidine rings is 1. The van der Waals surface area contributed by atoms with Gasteiger partial charge in [-0.2, -0.15) is 5.10 Å². The fourth-order valence-electron chi connectivity index (χ4n) is 4.26. The predicted molar refractivity (Wildman–Crippen MR) is 129 cm³/mol. The molecule has 1 fully saturated rings. The third kappa shape index (κ3) is 5.53. The summed E-state index contributed by atoms with van der Waals surface area (Å²) in [6, 6.07) is 17.0. The fourth-order valence-corrected chi connectivity index (χ4v) is 4.26. The minimum Gasteiger partial charge on any atom is -0.354 e. The van der Waals surface area contributed by atoms with Crippen molar-refractivity contribution in [3.05, 3.63) is 77.4 Å². The minimum atomic E-state index is 0.424. The summed E-state index contributed by atoms with van der Waals surface area (Å²) in [4.78, 5) is 11.4. The molecule has 2 aromatic heterocycles. The lowest BCUT2D eigenvalue weighted by atomic mass is 10.0. The van der Waals surface area contributed by atoms with Crippen molar-refractivity contribution in [3.63, 3.8) is 0 Å². The van der Waals surface area contributed by atoms with E-state index in [1.807, 2.05) is 30.9 Å². The maximum absolute atomic E-state index is 4.65. The zero-order chi connectivity index (χ0) is 22.3. The number of aromatic nitrogens is 3. The Hall–Kier alpha value is -3.19. The molecule has 168 valence electrons. The van der Waals surface area contributed by atoms with Gasteiger partial charge in [-0.15, -0.1) is 0 Å². The van der Waals surface area contributed by atoms with Crippen LogP contribution in [0, 0.1) is 13.8 Å². The van der Waals surface area contributed by atoms with E-state index < -0.39 is 0 Å². The molecule has 0 saturated carbocycles.